The molecule has 6 heteroatoms. The molecule has 1 aromatic heterocycles. The van der Waals surface area contributed by atoms with Crippen molar-refractivity contribution in [2.45, 2.75) is 31.8 Å². The Morgan fingerprint density at radius 2 is 1.92 bits per heavy atom. The number of carbonyl (C=O) groups is 1. The number of halogens is 1. The first-order valence-electron chi connectivity index (χ1n) is 9.05. The van der Waals surface area contributed by atoms with E-state index < -0.39 is 0 Å². The van der Waals surface area contributed by atoms with Crippen molar-refractivity contribution in [3.8, 4) is 11.6 Å². The molecule has 136 valence electrons. The van der Waals surface area contributed by atoms with Crippen LogP contribution in [-0.2, 0) is 0 Å². The smallest absolute Gasteiger partial charge is 0.251 e. The normalized spacial score (nSPS) is 27.2. The van der Waals surface area contributed by atoms with Gasteiger partial charge in [-0.25, -0.2) is 4.98 Å². The highest BCUT2D eigenvalue weighted by Gasteiger charge is 2.40. The van der Waals surface area contributed by atoms with Gasteiger partial charge in [-0.2, -0.15) is 0 Å². The molecule has 2 atom stereocenters. The van der Waals surface area contributed by atoms with Gasteiger partial charge in [-0.15, -0.1) is 0 Å². The molecule has 26 heavy (non-hydrogen) atoms. The number of amides is 1. The van der Waals surface area contributed by atoms with Crippen LogP contribution >= 0.6 is 11.6 Å². The molecule has 2 aromatic rings. The molecule has 4 heterocycles. The zero-order valence-electron chi connectivity index (χ0n) is 14.7. The molecule has 5 rings (SSSR count). The van der Waals surface area contributed by atoms with Gasteiger partial charge in [-0.05, 0) is 69.1 Å². The number of pyridine rings is 1. The van der Waals surface area contributed by atoms with E-state index in [1.165, 1.54) is 12.8 Å². The molecule has 2 unspecified atom stereocenters. The highest BCUT2D eigenvalue weighted by molar-refractivity contribution is 6.29. The van der Waals surface area contributed by atoms with Gasteiger partial charge < -0.3 is 10.1 Å². The molecular formula is C20H22ClN3O2. The van der Waals surface area contributed by atoms with Crippen molar-refractivity contribution >= 4 is 17.5 Å². The average molecular weight is 372 g/mol. The first-order valence-corrected chi connectivity index (χ1v) is 9.43. The minimum Gasteiger partial charge on any atom is -0.439 e. The van der Waals surface area contributed by atoms with Crippen molar-refractivity contribution in [1.82, 2.24) is 15.2 Å². The fraction of sp³-hybridized carbons (Fsp3) is 0.400. The van der Waals surface area contributed by atoms with Crippen molar-refractivity contribution in [3.63, 3.8) is 0 Å². The standard InChI is InChI=1S/C20H22ClN3O2/c1-13-19(14-9-11-24(13)12-10-14)23-20(25)15-5-7-16(8-6-15)26-18-4-2-3-17(21)22-18/h2-8,13-14,19H,9-12H2,1H3,(H,23,25). The molecule has 0 spiro atoms. The predicted molar refractivity (Wildman–Crippen MR) is 101 cm³/mol. The van der Waals surface area contributed by atoms with Crippen LogP contribution in [0.2, 0.25) is 5.15 Å². The van der Waals surface area contributed by atoms with Gasteiger partial charge in [0.05, 0.1) is 0 Å². The van der Waals surface area contributed by atoms with Gasteiger partial charge >= 0.3 is 0 Å². The minimum atomic E-state index is -0.0250. The van der Waals surface area contributed by atoms with Gasteiger partial charge in [0.1, 0.15) is 10.9 Å². The molecule has 0 radical (unpaired) electrons. The van der Waals surface area contributed by atoms with E-state index in [0.29, 0.717) is 34.3 Å². The lowest BCUT2D eigenvalue weighted by Gasteiger charge is -2.49. The second-order valence-corrected chi connectivity index (χ2v) is 7.43. The summed E-state index contributed by atoms with van der Waals surface area (Å²) in [5.41, 5.74) is 0.639. The van der Waals surface area contributed by atoms with E-state index in [-0.39, 0.29) is 11.9 Å². The lowest BCUT2D eigenvalue weighted by molar-refractivity contribution is 0.0217. The van der Waals surface area contributed by atoms with E-state index in [0.717, 1.165) is 13.1 Å². The quantitative estimate of drug-likeness (QED) is 0.832. The largest absolute Gasteiger partial charge is 0.439 e. The Balaban J connectivity index is 1.41. The van der Waals surface area contributed by atoms with Crippen molar-refractivity contribution in [1.29, 1.82) is 0 Å². The Bertz CT molecular complexity index is 786. The SMILES string of the molecule is CC1C(NC(=O)c2ccc(Oc3cccc(Cl)n3)cc2)C2CCN1CC2. The van der Waals surface area contributed by atoms with E-state index in [4.69, 9.17) is 16.3 Å². The summed E-state index contributed by atoms with van der Waals surface area (Å²) >= 11 is 5.86. The first kappa shape index (κ1) is 17.3. The van der Waals surface area contributed by atoms with Crippen LogP contribution in [0, 0.1) is 5.92 Å². The fourth-order valence-corrected chi connectivity index (χ4v) is 4.18. The third kappa shape index (κ3) is 3.55. The summed E-state index contributed by atoms with van der Waals surface area (Å²) in [6.07, 6.45) is 2.35. The summed E-state index contributed by atoms with van der Waals surface area (Å²) in [4.78, 5) is 19.2. The number of hydrogen-bond donors (Lipinski definition) is 1. The molecule has 3 aliphatic heterocycles. The predicted octanol–water partition coefficient (Wildman–Crippen LogP) is 3.74. The maximum Gasteiger partial charge on any atom is 0.251 e. The van der Waals surface area contributed by atoms with Gasteiger partial charge in [-0.1, -0.05) is 17.7 Å². The summed E-state index contributed by atoms with van der Waals surface area (Å²) in [5.74, 6) is 1.61. The lowest BCUT2D eigenvalue weighted by Crippen LogP contribution is -2.62. The number of carbonyl (C=O) groups excluding carboxylic acids is 1. The van der Waals surface area contributed by atoms with Crippen molar-refractivity contribution < 1.29 is 9.53 Å². The second kappa shape index (κ2) is 7.25. The van der Waals surface area contributed by atoms with E-state index in [1.54, 1.807) is 42.5 Å². The van der Waals surface area contributed by atoms with Gasteiger partial charge in [0.15, 0.2) is 0 Å². The number of ether oxygens (including phenoxy) is 1. The Morgan fingerprint density at radius 3 is 2.58 bits per heavy atom. The summed E-state index contributed by atoms with van der Waals surface area (Å²) in [6.45, 7) is 4.52. The fourth-order valence-electron chi connectivity index (χ4n) is 4.02. The van der Waals surface area contributed by atoms with Crippen LogP contribution in [0.3, 0.4) is 0 Å². The van der Waals surface area contributed by atoms with Crippen molar-refractivity contribution in [2.24, 2.45) is 5.92 Å². The molecule has 0 saturated carbocycles. The summed E-state index contributed by atoms with van der Waals surface area (Å²) in [6, 6.07) is 13.0. The summed E-state index contributed by atoms with van der Waals surface area (Å²) in [5, 5.41) is 3.62. The highest BCUT2D eigenvalue weighted by Crippen LogP contribution is 2.32. The number of nitrogens with one attached hydrogen (secondary N) is 1. The third-order valence-corrected chi connectivity index (χ3v) is 5.71. The van der Waals surface area contributed by atoms with Crippen LogP contribution in [0.1, 0.15) is 30.1 Å². The van der Waals surface area contributed by atoms with Crippen molar-refractivity contribution in [2.75, 3.05) is 13.1 Å². The maximum absolute atomic E-state index is 12.6. The topological polar surface area (TPSA) is 54.5 Å². The Hall–Kier alpha value is -2.11. The van der Waals surface area contributed by atoms with E-state index >= 15 is 0 Å². The van der Waals surface area contributed by atoms with Gasteiger partial charge in [-0.3, -0.25) is 9.69 Å². The van der Waals surface area contributed by atoms with Crippen LogP contribution in [0.5, 0.6) is 11.6 Å². The average Bonchev–Trinajstić information content (AvgIpc) is 2.65. The molecule has 3 saturated heterocycles. The third-order valence-electron chi connectivity index (χ3n) is 5.50. The van der Waals surface area contributed by atoms with E-state index in [2.05, 4.69) is 22.1 Å². The zero-order valence-corrected chi connectivity index (χ0v) is 15.4. The van der Waals surface area contributed by atoms with Crippen LogP contribution in [0.25, 0.3) is 0 Å². The number of rotatable bonds is 4. The molecule has 1 N–H and O–H groups in total. The molecule has 3 aliphatic rings. The van der Waals surface area contributed by atoms with Crippen LogP contribution < -0.4 is 10.1 Å². The number of benzene rings is 1. The second-order valence-electron chi connectivity index (χ2n) is 7.04. The van der Waals surface area contributed by atoms with Crippen molar-refractivity contribution in [3.05, 3.63) is 53.2 Å². The number of piperidine rings is 3. The minimum absolute atomic E-state index is 0.0250. The Labute approximate surface area is 158 Å². The summed E-state index contributed by atoms with van der Waals surface area (Å²) in [7, 11) is 0. The first-order chi connectivity index (χ1) is 12.6. The molecule has 0 aliphatic carbocycles. The summed E-state index contributed by atoms with van der Waals surface area (Å²) < 4.78 is 5.67. The number of hydrogen-bond acceptors (Lipinski definition) is 4. The van der Waals surface area contributed by atoms with Crippen LogP contribution in [-0.4, -0.2) is 41.0 Å². The van der Waals surface area contributed by atoms with Crippen LogP contribution in [0.15, 0.2) is 42.5 Å². The molecule has 1 amide bonds. The number of aromatic nitrogens is 1. The molecule has 2 bridgehead atoms. The molecule has 3 fully saturated rings. The number of nitrogens with zero attached hydrogens (tertiary/aromatic N) is 2. The Kier molecular flexibility index (Phi) is 4.83. The monoisotopic (exact) mass is 371 g/mol. The van der Waals surface area contributed by atoms with Crippen LogP contribution in [0.4, 0.5) is 0 Å². The highest BCUT2D eigenvalue weighted by atomic mass is 35.5. The zero-order chi connectivity index (χ0) is 18.1. The molecule has 1 aromatic carbocycles. The van der Waals surface area contributed by atoms with E-state index in [1.807, 2.05) is 0 Å². The Morgan fingerprint density at radius 1 is 1.19 bits per heavy atom. The number of fused-ring (bicyclic) bond motifs is 3. The van der Waals surface area contributed by atoms with Gasteiger partial charge in [0.25, 0.3) is 5.91 Å². The van der Waals surface area contributed by atoms with Gasteiger partial charge in [0.2, 0.25) is 5.88 Å². The maximum atomic E-state index is 12.6. The lowest BCUT2D eigenvalue weighted by atomic mass is 9.79. The molecular weight excluding hydrogens is 350 g/mol. The van der Waals surface area contributed by atoms with E-state index in [9.17, 15) is 4.79 Å². The van der Waals surface area contributed by atoms with Gasteiger partial charge in [0, 0.05) is 23.7 Å². The molecule has 5 nitrogen and oxygen atoms in total.